The van der Waals surface area contributed by atoms with E-state index < -0.39 is 5.92 Å². The van der Waals surface area contributed by atoms with Crippen molar-refractivity contribution in [1.82, 2.24) is 5.32 Å². The Morgan fingerprint density at radius 1 is 1.30 bits per heavy atom. The Morgan fingerprint density at radius 3 is 2.81 bits per heavy atom. The molecule has 1 heterocycles. The first-order chi connectivity index (χ1) is 13.0. The van der Waals surface area contributed by atoms with Crippen LogP contribution in [0.2, 0.25) is 0 Å². The van der Waals surface area contributed by atoms with Crippen molar-refractivity contribution in [2.75, 3.05) is 18.1 Å². The van der Waals surface area contributed by atoms with Gasteiger partial charge in [0, 0.05) is 16.7 Å². The Bertz CT molecular complexity index is 840. The van der Waals surface area contributed by atoms with Crippen LogP contribution in [0.3, 0.4) is 0 Å². The third-order valence-corrected chi connectivity index (χ3v) is 5.16. The molecule has 0 spiro atoms. The molecule has 142 valence electrons. The molecular weight excluding hydrogens is 408 g/mol. The van der Waals surface area contributed by atoms with Gasteiger partial charge in [0.05, 0.1) is 12.6 Å². The van der Waals surface area contributed by atoms with Crippen LogP contribution >= 0.6 is 15.9 Å². The highest BCUT2D eigenvalue weighted by Crippen LogP contribution is 2.28. The third-order valence-electron chi connectivity index (χ3n) is 4.67. The zero-order valence-electron chi connectivity index (χ0n) is 15.4. The molecule has 3 rings (SSSR count). The molecule has 0 radical (unpaired) electrons. The van der Waals surface area contributed by atoms with Gasteiger partial charge in [0.25, 0.3) is 0 Å². The number of halogens is 1. The molecule has 2 amide bonds. The van der Waals surface area contributed by atoms with Crippen molar-refractivity contribution in [3.8, 4) is 5.75 Å². The van der Waals surface area contributed by atoms with Gasteiger partial charge in [-0.15, -0.1) is 0 Å². The highest BCUT2D eigenvalue weighted by molar-refractivity contribution is 9.10. The van der Waals surface area contributed by atoms with E-state index in [1.54, 1.807) is 4.90 Å². The summed E-state index contributed by atoms with van der Waals surface area (Å²) in [6, 6.07) is 15.0. The average molecular weight is 431 g/mol. The zero-order valence-corrected chi connectivity index (χ0v) is 17.0. The van der Waals surface area contributed by atoms with Crippen molar-refractivity contribution in [1.29, 1.82) is 0 Å². The molecule has 2 aromatic carbocycles. The Morgan fingerprint density at radius 2 is 2.07 bits per heavy atom. The van der Waals surface area contributed by atoms with Crippen LogP contribution in [0.5, 0.6) is 5.75 Å². The number of rotatable bonds is 6. The van der Waals surface area contributed by atoms with Crippen LogP contribution in [0, 0.1) is 5.92 Å². The number of hydrogen-bond acceptors (Lipinski definition) is 3. The lowest BCUT2D eigenvalue weighted by atomic mass is 10.0. The first kappa shape index (κ1) is 19.4. The fourth-order valence-corrected chi connectivity index (χ4v) is 3.65. The monoisotopic (exact) mass is 430 g/mol. The van der Waals surface area contributed by atoms with Crippen LogP contribution in [0.1, 0.15) is 31.9 Å². The second-order valence-corrected chi connectivity index (χ2v) is 7.46. The van der Waals surface area contributed by atoms with Gasteiger partial charge >= 0.3 is 0 Å². The number of anilines is 1. The van der Waals surface area contributed by atoms with Crippen LogP contribution in [0.4, 0.5) is 5.69 Å². The molecule has 1 N–H and O–H groups in total. The van der Waals surface area contributed by atoms with Crippen LogP contribution in [0.15, 0.2) is 53.0 Å². The summed E-state index contributed by atoms with van der Waals surface area (Å²) in [6.45, 7) is 4.98. The molecule has 0 aromatic heterocycles. The van der Waals surface area contributed by atoms with Crippen LogP contribution in [-0.4, -0.2) is 25.0 Å². The first-order valence-electron chi connectivity index (χ1n) is 9.09. The van der Waals surface area contributed by atoms with Crippen molar-refractivity contribution in [2.45, 2.75) is 26.3 Å². The van der Waals surface area contributed by atoms with Crippen molar-refractivity contribution < 1.29 is 14.3 Å². The number of hydrogen-bond donors (Lipinski definition) is 1. The fraction of sp³-hybridized carbons (Fsp3) is 0.333. The number of amides is 2. The van der Waals surface area contributed by atoms with E-state index in [4.69, 9.17) is 4.74 Å². The normalized spacial score (nSPS) is 17.7. The van der Waals surface area contributed by atoms with E-state index in [1.807, 2.05) is 62.4 Å². The van der Waals surface area contributed by atoms with Crippen molar-refractivity contribution in [2.24, 2.45) is 5.92 Å². The fourth-order valence-electron chi connectivity index (χ4n) is 3.26. The van der Waals surface area contributed by atoms with Crippen LogP contribution < -0.4 is 15.0 Å². The molecule has 2 atom stereocenters. The minimum Gasteiger partial charge on any atom is -0.494 e. The van der Waals surface area contributed by atoms with Gasteiger partial charge < -0.3 is 15.0 Å². The molecule has 1 fully saturated rings. The minimum absolute atomic E-state index is 0.152. The lowest BCUT2D eigenvalue weighted by Gasteiger charge is -2.19. The van der Waals surface area contributed by atoms with Crippen LogP contribution in [-0.2, 0) is 9.59 Å². The lowest BCUT2D eigenvalue weighted by molar-refractivity contribution is -0.132. The second kappa shape index (κ2) is 8.57. The maximum absolute atomic E-state index is 12.7. The SMILES string of the molecule is CCOc1cccc(C(C)NC(=O)C2CCN(c3cccc(Br)c3)C2=O)c1. The number of nitrogens with one attached hydrogen (secondary N) is 1. The van der Waals surface area contributed by atoms with Gasteiger partial charge in [0.2, 0.25) is 11.8 Å². The summed E-state index contributed by atoms with van der Waals surface area (Å²) in [6.07, 6.45) is 0.517. The van der Waals surface area contributed by atoms with E-state index in [0.717, 1.165) is 21.5 Å². The second-order valence-electron chi connectivity index (χ2n) is 6.55. The topological polar surface area (TPSA) is 58.6 Å². The number of nitrogens with zero attached hydrogens (tertiary/aromatic N) is 1. The maximum Gasteiger partial charge on any atom is 0.239 e. The predicted molar refractivity (Wildman–Crippen MR) is 109 cm³/mol. The lowest BCUT2D eigenvalue weighted by Crippen LogP contribution is -2.38. The number of ether oxygens (including phenoxy) is 1. The Balaban J connectivity index is 1.66. The van der Waals surface area contributed by atoms with E-state index in [9.17, 15) is 9.59 Å². The molecule has 6 heteroatoms. The van der Waals surface area contributed by atoms with Gasteiger partial charge in [-0.2, -0.15) is 0 Å². The molecule has 2 aromatic rings. The number of carbonyl (C=O) groups is 2. The third kappa shape index (κ3) is 4.50. The summed E-state index contributed by atoms with van der Waals surface area (Å²) in [5, 5.41) is 2.97. The molecule has 27 heavy (non-hydrogen) atoms. The largest absolute Gasteiger partial charge is 0.494 e. The Kier molecular flexibility index (Phi) is 6.16. The number of carbonyl (C=O) groups excluding carboxylic acids is 2. The average Bonchev–Trinajstić information content (AvgIpc) is 3.04. The Labute approximate surface area is 167 Å². The van der Waals surface area contributed by atoms with Crippen molar-refractivity contribution >= 4 is 33.4 Å². The molecule has 1 saturated heterocycles. The van der Waals surface area contributed by atoms with Gasteiger partial charge in [0.1, 0.15) is 11.7 Å². The summed E-state index contributed by atoms with van der Waals surface area (Å²) in [4.78, 5) is 27.1. The molecule has 0 saturated carbocycles. The molecule has 1 aliphatic rings. The molecule has 5 nitrogen and oxygen atoms in total. The van der Waals surface area contributed by atoms with Gasteiger partial charge in [-0.25, -0.2) is 0 Å². The molecular formula is C21H23BrN2O3. The highest BCUT2D eigenvalue weighted by Gasteiger charge is 2.38. The summed E-state index contributed by atoms with van der Waals surface area (Å²) >= 11 is 3.42. The first-order valence-corrected chi connectivity index (χ1v) is 9.89. The summed E-state index contributed by atoms with van der Waals surface area (Å²) in [7, 11) is 0. The van der Waals surface area contributed by atoms with Gasteiger partial charge in [-0.05, 0) is 56.2 Å². The van der Waals surface area contributed by atoms with E-state index in [-0.39, 0.29) is 17.9 Å². The highest BCUT2D eigenvalue weighted by atomic mass is 79.9. The smallest absolute Gasteiger partial charge is 0.239 e. The van der Waals surface area contributed by atoms with Gasteiger partial charge in [-0.3, -0.25) is 9.59 Å². The van der Waals surface area contributed by atoms with E-state index in [0.29, 0.717) is 19.6 Å². The molecule has 0 bridgehead atoms. The maximum atomic E-state index is 12.7. The van der Waals surface area contributed by atoms with E-state index in [2.05, 4.69) is 21.2 Å². The van der Waals surface area contributed by atoms with Crippen molar-refractivity contribution in [3.05, 3.63) is 58.6 Å². The quantitative estimate of drug-likeness (QED) is 0.702. The Hall–Kier alpha value is -2.34. The molecule has 0 aliphatic carbocycles. The minimum atomic E-state index is -0.651. The van der Waals surface area contributed by atoms with Crippen molar-refractivity contribution in [3.63, 3.8) is 0 Å². The molecule has 2 unspecified atom stereocenters. The van der Waals surface area contributed by atoms with Gasteiger partial charge in [0.15, 0.2) is 0 Å². The van der Waals surface area contributed by atoms with E-state index in [1.165, 1.54) is 0 Å². The summed E-state index contributed by atoms with van der Waals surface area (Å²) in [5.74, 6) is -0.261. The van der Waals surface area contributed by atoms with Gasteiger partial charge in [-0.1, -0.05) is 34.1 Å². The molecule has 1 aliphatic heterocycles. The summed E-state index contributed by atoms with van der Waals surface area (Å²) in [5.41, 5.74) is 1.76. The standard InChI is InChI=1S/C21H23BrN2O3/c1-3-27-18-9-4-6-15(12-18)14(2)23-20(25)19-10-11-24(21(19)26)17-8-5-7-16(22)13-17/h4-9,12-14,19H,3,10-11H2,1-2H3,(H,23,25). The van der Waals surface area contributed by atoms with E-state index >= 15 is 0 Å². The number of benzene rings is 2. The zero-order chi connectivity index (χ0) is 19.4. The van der Waals surface area contributed by atoms with Crippen LogP contribution in [0.25, 0.3) is 0 Å². The predicted octanol–water partition coefficient (Wildman–Crippen LogP) is 4.08. The summed E-state index contributed by atoms with van der Waals surface area (Å²) < 4.78 is 6.42.